The smallest absolute Gasteiger partial charge is 0.332 e. The largest absolute Gasteiger partial charge is 0.465 e. The third-order valence-electron chi connectivity index (χ3n) is 3.79. The zero-order chi connectivity index (χ0) is 18.0. The van der Waals surface area contributed by atoms with Gasteiger partial charge in [-0.3, -0.25) is 18.7 Å². The van der Waals surface area contributed by atoms with Crippen molar-refractivity contribution in [3.05, 3.63) is 32.6 Å². The van der Waals surface area contributed by atoms with E-state index in [1.807, 2.05) is 6.92 Å². The highest BCUT2D eigenvalue weighted by molar-refractivity contribution is 8.00. The van der Waals surface area contributed by atoms with Gasteiger partial charge in [-0.15, -0.1) is 11.8 Å². The second kappa shape index (κ2) is 7.21. The molecule has 0 bridgehead atoms. The predicted octanol–water partition coefficient (Wildman–Crippen LogP) is 1.24. The molecule has 0 aliphatic rings. The number of pyridine rings is 1. The zero-order valence-corrected chi connectivity index (χ0v) is 15.3. The summed E-state index contributed by atoms with van der Waals surface area (Å²) < 4.78 is 7.44. The Bertz CT molecular complexity index is 901. The standard InChI is InChI=1S/C16H21N3O4S/c1-6-10-8-17-13-11(14(20)19(5)16(22)18(13)4)12(10)24-9(3)15(21)23-7-2/h8-9H,6-7H2,1-5H3/t9-/m0/s1. The second-order valence-corrected chi connectivity index (χ2v) is 6.73. The van der Waals surface area contributed by atoms with Crippen LogP contribution in [0.25, 0.3) is 11.0 Å². The quantitative estimate of drug-likeness (QED) is 0.595. The van der Waals surface area contributed by atoms with Gasteiger partial charge < -0.3 is 4.74 Å². The molecule has 0 unspecified atom stereocenters. The van der Waals surface area contributed by atoms with E-state index in [0.717, 1.165) is 10.1 Å². The number of rotatable bonds is 5. The Morgan fingerprint density at radius 2 is 1.96 bits per heavy atom. The van der Waals surface area contributed by atoms with Crippen LogP contribution in [0, 0.1) is 0 Å². The molecule has 0 spiro atoms. The summed E-state index contributed by atoms with van der Waals surface area (Å²) in [5.74, 6) is -0.337. The van der Waals surface area contributed by atoms with Crippen molar-refractivity contribution in [1.82, 2.24) is 14.1 Å². The van der Waals surface area contributed by atoms with Gasteiger partial charge >= 0.3 is 11.7 Å². The lowest BCUT2D eigenvalue weighted by atomic mass is 10.2. The number of thioether (sulfide) groups is 1. The number of carbonyl (C=O) groups excluding carboxylic acids is 1. The summed E-state index contributed by atoms with van der Waals surface area (Å²) in [5.41, 5.74) is 0.339. The molecular weight excluding hydrogens is 330 g/mol. The van der Waals surface area contributed by atoms with E-state index >= 15 is 0 Å². The van der Waals surface area contributed by atoms with Gasteiger partial charge in [-0.25, -0.2) is 9.78 Å². The first-order valence-electron chi connectivity index (χ1n) is 7.74. The molecular formula is C16H21N3O4S. The molecule has 2 aromatic heterocycles. The number of carbonyl (C=O) groups is 1. The average molecular weight is 351 g/mol. The molecule has 7 nitrogen and oxygen atoms in total. The van der Waals surface area contributed by atoms with Gasteiger partial charge in [-0.05, 0) is 25.8 Å². The highest BCUT2D eigenvalue weighted by Crippen LogP contribution is 2.32. The van der Waals surface area contributed by atoms with Crippen LogP contribution in [-0.2, 0) is 30.0 Å². The molecule has 0 amide bonds. The Morgan fingerprint density at radius 1 is 1.29 bits per heavy atom. The first kappa shape index (κ1) is 18.3. The summed E-state index contributed by atoms with van der Waals surface area (Å²) >= 11 is 1.27. The number of fused-ring (bicyclic) bond motifs is 1. The van der Waals surface area contributed by atoms with Crippen molar-refractivity contribution in [3.8, 4) is 0 Å². The van der Waals surface area contributed by atoms with Crippen LogP contribution in [-0.4, -0.2) is 31.9 Å². The number of esters is 1. The highest BCUT2D eigenvalue weighted by atomic mass is 32.2. The summed E-state index contributed by atoms with van der Waals surface area (Å²) in [5, 5.41) is -0.108. The first-order chi connectivity index (χ1) is 11.3. The molecule has 0 fully saturated rings. The molecule has 0 N–H and O–H groups in total. The van der Waals surface area contributed by atoms with Crippen molar-refractivity contribution in [2.45, 2.75) is 37.3 Å². The maximum atomic E-state index is 12.6. The van der Waals surface area contributed by atoms with Gasteiger partial charge in [-0.1, -0.05) is 6.92 Å². The SMILES string of the molecule is CCOC(=O)[C@H](C)Sc1c(CC)cnc2c1c(=O)n(C)c(=O)n2C. The molecule has 2 heterocycles. The van der Waals surface area contributed by atoms with Gasteiger partial charge in [0.05, 0.1) is 12.0 Å². The molecule has 0 aliphatic carbocycles. The molecule has 2 rings (SSSR count). The fraction of sp³-hybridized carbons (Fsp3) is 0.500. The van der Waals surface area contributed by atoms with E-state index in [9.17, 15) is 14.4 Å². The van der Waals surface area contributed by atoms with Crippen molar-refractivity contribution in [1.29, 1.82) is 0 Å². The number of hydrogen-bond donors (Lipinski definition) is 0. The minimum absolute atomic E-state index is 0.303. The zero-order valence-electron chi connectivity index (χ0n) is 14.5. The van der Waals surface area contributed by atoms with E-state index in [1.54, 1.807) is 27.1 Å². The van der Waals surface area contributed by atoms with Gasteiger partial charge in [-0.2, -0.15) is 0 Å². The van der Waals surface area contributed by atoms with Crippen LogP contribution in [0.1, 0.15) is 26.3 Å². The van der Waals surface area contributed by atoms with E-state index < -0.39 is 16.5 Å². The second-order valence-electron chi connectivity index (χ2n) is 5.38. The number of nitrogens with zero attached hydrogens (tertiary/aromatic N) is 3. The summed E-state index contributed by atoms with van der Waals surface area (Å²) in [7, 11) is 3.01. The molecule has 1 atom stereocenters. The van der Waals surface area contributed by atoms with E-state index in [-0.39, 0.29) is 5.97 Å². The summed E-state index contributed by atoms with van der Waals surface area (Å²) in [6.45, 7) is 5.74. The van der Waals surface area contributed by atoms with Crippen LogP contribution in [0.5, 0.6) is 0 Å². The van der Waals surface area contributed by atoms with E-state index in [2.05, 4.69) is 4.98 Å². The van der Waals surface area contributed by atoms with Crippen LogP contribution in [0.3, 0.4) is 0 Å². The fourth-order valence-corrected chi connectivity index (χ4v) is 3.58. The molecule has 8 heteroatoms. The lowest BCUT2D eigenvalue weighted by Gasteiger charge is -2.16. The molecule has 0 saturated carbocycles. The van der Waals surface area contributed by atoms with Crippen molar-refractivity contribution in [2.24, 2.45) is 14.1 Å². The third kappa shape index (κ3) is 3.10. The Kier molecular flexibility index (Phi) is 5.48. The molecule has 0 aliphatic heterocycles. The molecule has 2 aromatic rings. The monoisotopic (exact) mass is 351 g/mol. The van der Waals surface area contributed by atoms with Gasteiger partial charge in [0.25, 0.3) is 5.56 Å². The number of hydrogen-bond acceptors (Lipinski definition) is 6. The topological polar surface area (TPSA) is 83.2 Å². The lowest BCUT2D eigenvalue weighted by Crippen LogP contribution is -2.37. The minimum Gasteiger partial charge on any atom is -0.465 e. The molecule has 0 saturated heterocycles. The Labute approximate surface area is 143 Å². The van der Waals surface area contributed by atoms with E-state index in [4.69, 9.17) is 4.74 Å². The maximum absolute atomic E-state index is 12.6. The Hall–Kier alpha value is -2.09. The number of ether oxygens (including phenoxy) is 1. The minimum atomic E-state index is -0.470. The summed E-state index contributed by atoms with van der Waals surface area (Å²) in [6, 6.07) is 0. The lowest BCUT2D eigenvalue weighted by molar-refractivity contribution is -0.142. The van der Waals surface area contributed by atoms with Crippen LogP contribution >= 0.6 is 11.8 Å². The number of aryl methyl sites for hydroxylation is 2. The Morgan fingerprint density at radius 3 is 2.54 bits per heavy atom. The maximum Gasteiger partial charge on any atom is 0.332 e. The van der Waals surface area contributed by atoms with Crippen LogP contribution in [0.2, 0.25) is 0 Å². The predicted molar refractivity (Wildman–Crippen MR) is 93.6 cm³/mol. The van der Waals surface area contributed by atoms with Crippen molar-refractivity contribution < 1.29 is 9.53 Å². The normalized spacial score (nSPS) is 12.4. The van der Waals surface area contributed by atoms with Crippen molar-refractivity contribution >= 4 is 28.8 Å². The third-order valence-corrected chi connectivity index (χ3v) is 5.04. The summed E-state index contributed by atoms with van der Waals surface area (Å²) in [6.07, 6.45) is 2.31. The van der Waals surface area contributed by atoms with Gasteiger partial charge in [0.2, 0.25) is 0 Å². The molecule has 130 valence electrons. The van der Waals surface area contributed by atoms with E-state index in [0.29, 0.717) is 29.0 Å². The molecule has 0 radical (unpaired) electrons. The van der Waals surface area contributed by atoms with Crippen LogP contribution in [0.4, 0.5) is 0 Å². The summed E-state index contributed by atoms with van der Waals surface area (Å²) in [4.78, 5) is 41.7. The molecule has 0 aromatic carbocycles. The first-order valence-corrected chi connectivity index (χ1v) is 8.62. The number of aromatic nitrogens is 3. The highest BCUT2D eigenvalue weighted by Gasteiger charge is 2.22. The average Bonchev–Trinajstić information content (AvgIpc) is 2.57. The Balaban J connectivity index is 2.73. The van der Waals surface area contributed by atoms with E-state index in [1.165, 1.54) is 23.4 Å². The van der Waals surface area contributed by atoms with Crippen LogP contribution < -0.4 is 11.2 Å². The van der Waals surface area contributed by atoms with Gasteiger partial charge in [0, 0.05) is 25.2 Å². The van der Waals surface area contributed by atoms with Crippen molar-refractivity contribution in [3.63, 3.8) is 0 Å². The van der Waals surface area contributed by atoms with Gasteiger partial charge in [0.15, 0.2) is 0 Å². The van der Waals surface area contributed by atoms with Crippen molar-refractivity contribution in [2.75, 3.05) is 6.61 Å². The molecule has 24 heavy (non-hydrogen) atoms. The van der Waals surface area contributed by atoms with Gasteiger partial charge in [0.1, 0.15) is 10.9 Å². The van der Waals surface area contributed by atoms with Crippen LogP contribution in [0.15, 0.2) is 20.7 Å². The fourth-order valence-electron chi connectivity index (χ4n) is 2.41.